The van der Waals surface area contributed by atoms with Gasteiger partial charge >= 0.3 is 11.9 Å². The molecule has 2 fully saturated rings. The number of rotatable bonds is 16. The highest BCUT2D eigenvalue weighted by Gasteiger charge is 2.40. The van der Waals surface area contributed by atoms with E-state index in [2.05, 4.69) is 58.3 Å². The molecule has 0 aromatic heterocycles. The van der Waals surface area contributed by atoms with Crippen LogP contribution in [0.1, 0.15) is 47.9 Å². The fraction of sp³-hybridized carbons (Fsp3) is 0.391. The quantitative estimate of drug-likeness (QED) is 0.0916. The van der Waals surface area contributed by atoms with Crippen molar-refractivity contribution in [1.29, 1.82) is 0 Å². The molecule has 56 heavy (non-hydrogen) atoms. The van der Waals surface area contributed by atoms with Gasteiger partial charge in [0.15, 0.2) is 0 Å². The number of phenols is 2. The topological polar surface area (TPSA) is 118 Å². The number of aromatic hydroxyl groups is 2. The van der Waals surface area contributed by atoms with Crippen molar-refractivity contribution >= 4 is 11.9 Å². The van der Waals surface area contributed by atoms with Crippen LogP contribution in [-0.2, 0) is 31.9 Å². The Kier molecular flexibility index (Phi) is 13.7. The van der Waals surface area contributed by atoms with Gasteiger partial charge in [-0.25, -0.2) is 9.59 Å². The zero-order valence-corrected chi connectivity index (χ0v) is 32.5. The number of hydrogen-bond acceptors (Lipinski definition) is 10. The van der Waals surface area contributed by atoms with Gasteiger partial charge in [-0.1, -0.05) is 59.7 Å². The van der Waals surface area contributed by atoms with Crippen molar-refractivity contribution in [2.45, 2.75) is 63.6 Å². The van der Waals surface area contributed by atoms with Gasteiger partial charge < -0.3 is 29.2 Å². The van der Waals surface area contributed by atoms with Crippen LogP contribution in [0.15, 0.2) is 109 Å². The summed E-state index contributed by atoms with van der Waals surface area (Å²) in [5.74, 6) is 0.678. The van der Waals surface area contributed by atoms with E-state index in [1.54, 1.807) is 48.5 Å². The largest absolute Gasteiger partial charge is 0.508 e. The molecule has 4 aromatic carbocycles. The van der Waals surface area contributed by atoms with E-state index in [1.165, 1.54) is 12.2 Å². The van der Waals surface area contributed by atoms with E-state index in [1.807, 2.05) is 13.8 Å². The van der Waals surface area contributed by atoms with Crippen molar-refractivity contribution in [2.75, 3.05) is 52.5 Å². The smallest absolute Gasteiger partial charge is 0.331 e. The maximum atomic E-state index is 13.5. The average molecular weight is 763 g/mol. The molecule has 0 saturated carbocycles. The summed E-state index contributed by atoms with van der Waals surface area (Å²) in [6.07, 6.45) is 6.14. The number of likely N-dealkylation sites (tertiary alicyclic amines) is 2. The van der Waals surface area contributed by atoms with Gasteiger partial charge in [0.2, 0.25) is 0 Å². The molecule has 6 rings (SSSR count). The Balaban J connectivity index is 1.05. The third-order valence-corrected chi connectivity index (χ3v) is 10.8. The monoisotopic (exact) mass is 762 g/mol. The summed E-state index contributed by atoms with van der Waals surface area (Å²) in [6.45, 7) is 9.44. The van der Waals surface area contributed by atoms with E-state index in [0.717, 1.165) is 61.5 Å². The first-order valence-corrected chi connectivity index (χ1v) is 19.6. The zero-order valence-electron chi connectivity index (χ0n) is 32.5. The predicted octanol–water partition coefficient (Wildman–Crippen LogP) is 6.97. The predicted molar refractivity (Wildman–Crippen MR) is 215 cm³/mol. The maximum Gasteiger partial charge on any atom is 0.331 e. The summed E-state index contributed by atoms with van der Waals surface area (Å²) in [6, 6.07) is 30.0. The molecule has 2 saturated heterocycles. The molecule has 0 aliphatic carbocycles. The minimum absolute atomic E-state index is 0.198. The molecule has 2 heterocycles. The van der Waals surface area contributed by atoms with Crippen molar-refractivity contribution in [1.82, 2.24) is 9.80 Å². The number of hydrogen-bond donors (Lipinski definition) is 2. The molecule has 4 aromatic rings. The lowest BCUT2D eigenvalue weighted by atomic mass is 9.84. The summed E-state index contributed by atoms with van der Waals surface area (Å²) in [7, 11) is 0. The Bertz CT molecular complexity index is 1740. The van der Waals surface area contributed by atoms with E-state index in [0.29, 0.717) is 63.2 Å². The number of piperidine rings is 2. The molecular weight excluding hydrogens is 709 g/mol. The average Bonchev–Trinajstić information content (AvgIpc) is 3.19. The van der Waals surface area contributed by atoms with Crippen molar-refractivity contribution in [3.8, 4) is 23.0 Å². The van der Waals surface area contributed by atoms with Crippen LogP contribution >= 0.6 is 0 Å². The van der Waals surface area contributed by atoms with Gasteiger partial charge in [-0.05, 0) is 73.5 Å². The summed E-state index contributed by atoms with van der Waals surface area (Å²) < 4.78 is 24.3. The van der Waals surface area contributed by atoms with Crippen molar-refractivity contribution in [3.05, 3.63) is 131 Å². The Morgan fingerprint density at radius 3 is 1.23 bits per heavy atom. The summed E-state index contributed by atoms with van der Waals surface area (Å²) in [5, 5.41) is 19.1. The fourth-order valence-corrected chi connectivity index (χ4v) is 7.45. The molecule has 0 radical (unpaired) electrons. The zero-order chi connectivity index (χ0) is 39.4. The highest BCUT2D eigenvalue weighted by atomic mass is 16.6. The number of benzene rings is 4. The summed E-state index contributed by atoms with van der Waals surface area (Å²) in [5.41, 5.74) is 3.06. The molecule has 0 atom stereocenters. The molecule has 0 spiro atoms. The second kappa shape index (κ2) is 19.0. The van der Waals surface area contributed by atoms with E-state index in [-0.39, 0.29) is 11.5 Å². The molecule has 2 N–H and O–H groups in total. The molecule has 2 aliphatic rings. The highest BCUT2D eigenvalue weighted by molar-refractivity contribution is 5.92. The Morgan fingerprint density at radius 2 is 0.893 bits per heavy atom. The lowest BCUT2D eigenvalue weighted by Crippen LogP contribution is -2.49. The molecule has 0 bridgehead atoms. The first-order chi connectivity index (χ1) is 27.0. The molecular formula is C46H54N2O8. The van der Waals surface area contributed by atoms with Gasteiger partial charge in [0.1, 0.15) is 47.4 Å². The minimum Gasteiger partial charge on any atom is -0.508 e. The third kappa shape index (κ3) is 12.1. The van der Waals surface area contributed by atoms with E-state index in [4.69, 9.17) is 18.9 Å². The molecule has 0 amide bonds. The van der Waals surface area contributed by atoms with E-state index < -0.39 is 23.1 Å². The van der Waals surface area contributed by atoms with Crippen molar-refractivity contribution < 1.29 is 38.7 Å². The Hall–Kier alpha value is -5.32. The molecule has 10 heteroatoms. The molecule has 10 nitrogen and oxygen atoms in total. The van der Waals surface area contributed by atoms with Gasteiger partial charge in [0.25, 0.3) is 0 Å². The standard InChI is InChI=1S/C46H54N2O8/c1-35-3-7-37(8-4-35)33-45(21-25-47(26-22-45)29-31-53-41-15-11-39(49)12-16-41)55-43(51)19-20-44(52)56-46(34-38-9-5-36(2)6-10-38)23-27-48(28-24-46)30-32-54-42-17-13-40(50)14-18-42/h3-20,49-50H,21-34H2,1-2H3/b20-19+. The number of nitrogens with zero attached hydrogens (tertiary/aromatic N) is 2. The van der Waals surface area contributed by atoms with Gasteiger partial charge in [-0.3, -0.25) is 9.80 Å². The fourth-order valence-electron chi connectivity index (χ4n) is 7.45. The third-order valence-electron chi connectivity index (χ3n) is 10.8. The maximum absolute atomic E-state index is 13.5. The van der Waals surface area contributed by atoms with Crippen LogP contribution in [0, 0.1) is 13.8 Å². The molecule has 296 valence electrons. The van der Waals surface area contributed by atoms with Crippen LogP contribution in [0.3, 0.4) is 0 Å². The minimum atomic E-state index is -0.722. The van der Waals surface area contributed by atoms with Crippen LogP contribution in [0.25, 0.3) is 0 Å². The SMILES string of the molecule is Cc1ccc(CC2(OC(=O)/C=C/C(=O)OC3(Cc4ccc(C)cc4)CCN(CCOc4ccc(O)cc4)CC3)CCN(CCOc3ccc(O)cc3)CC2)cc1. The molecule has 0 unspecified atom stereocenters. The van der Waals surface area contributed by atoms with E-state index >= 15 is 0 Å². The highest BCUT2D eigenvalue weighted by Crippen LogP contribution is 2.33. The van der Waals surface area contributed by atoms with Crippen LogP contribution in [0.4, 0.5) is 0 Å². The van der Waals surface area contributed by atoms with Crippen molar-refractivity contribution in [2.24, 2.45) is 0 Å². The number of ether oxygens (including phenoxy) is 4. The summed E-state index contributed by atoms with van der Waals surface area (Å²) in [4.78, 5) is 31.5. The number of phenolic OH excluding ortho intramolecular Hbond substituents is 2. The van der Waals surface area contributed by atoms with Crippen LogP contribution in [0.5, 0.6) is 23.0 Å². The second-order valence-corrected chi connectivity index (χ2v) is 15.2. The van der Waals surface area contributed by atoms with Crippen molar-refractivity contribution in [3.63, 3.8) is 0 Å². The van der Waals surface area contributed by atoms with Crippen LogP contribution < -0.4 is 9.47 Å². The van der Waals surface area contributed by atoms with Gasteiger partial charge in [0.05, 0.1) is 0 Å². The van der Waals surface area contributed by atoms with E-state index in [9.17, 15) is 19.8 Å². The second-order valence-electron chi connectivity index (χ2n) is 15.2. The first kappa shape index (κ1) is 40.3. The number of carbonyl (C=O) groups excluding carboxylic acids is 2. The Morgan fingerprint density at radius 1 is 0.554 bits per heavy atom. The van der Waals surface area contributed by atoms with Gasteiger partial charge in [-0.2, -0.15) is 0 Å². The number of aryl methyl sites for hydroxylation is 2. The molecule has 2 aliphatic heterocycles. The first-order valence-electron chi connectivity index (χ1n) is 19.6. The lowest BCUT2D eigenvalue weighted by molar-refractivity contribution is -0.161. The lowest BCUT2D eigenvalue weighted by Gasteiger charge is -2.41. The Labute approximate surface area is 330 Å². The number of esters is 2. The van der Waals surface area contributed by atoms with Crippen LogP contribution in [0.2, 0.25) is 0 Å². The number of carbonyl (C=O) groups is 2. The van der Waals surface area contributed by atoms with Gasteiger partial charge in [0, 0.05) is 89.9 Å². The van der Waals surface area contributed by atoms with Crippen LogP contribution in [-0.4, -0.2) is 95.6 Å². The normalized spacial score (nSPS) is 17.0. The summed E-state index contributed by atoms with van der Waals surface area (Å²) >= 11 is 0. The van der Waals surface area contributed by atoms with Gasteiger partial charge in [-0.15, -0.1) is 0 Å².